The third kappa shape index (κ3) is 3.20. The fourth-order valence-electron chi connectivity index (χ4n) is 2.97. The summed E-state index contributed by atoms with van der Waals surface area (Å²) in [5.74, 6) is 0.514. The number of amides is 1. The molecular weight excluding hydrogens is 328 g/mol. The molecule has 0 radical (unpaired) electrons. The van der Waals surface area contributed by atoms with Gasteiger partial charge in [-0.15, -0.1) is 5.10 Å². The molecule has 4 rings (SSSR count). The van der Waals surface area contributed by atoms with Gasteiger partial charge >= 0.3 is 0 Å². The average Bonchev–Trinajstić information content (AvgIpc) is 3.38. The van der Waals surface area contributed by atoms with Crippen LogP contribution in [-0.4, -0.2) is 31.1 Å². The number of hydrogen-bond acceptors (Lipinski definition) is 5. The van der Waals surface area contributed by atoms with Gasteiger partial charge in [-0.25, -0.2) is 4.68 Å². The van der Waals surface area contributed by atoms with Gasteiger partial charge in [0.2, 0.25) is 0 Å². The Bertz CT molecular complexity index is 932. The van der Waals surface area contributed by atoms with E-state index in [-0.39, 0.29) is 11.9 Å². The first-order valence-electron chi connectivity index (χ1n) is 8.75. The first-order valence-corrected chi connectivity index (χ1v) is 8.75. The molecule has 0 spiro atoms. The van der Waals surface area contributed by atoms with Crippen molar-refractivity contribution in [2.24, 2.45) is 0 Å². The predicted octanol–water partition coefficient (Wildman–Crippen LogP) is 2.87. The molecule has 1 saturated carbocycles. The van der Waals surface area contributed by atoms with Gasteiger partial charge in [-0.05, 0) is 49.2 Å². The van der Waals surface area contributed by atoms with E-state index in [1.54, 1.807) is 0 Å². The van der Waals surface area contributed by atoms with Gasteiger partial charge in [0.25, 0.3) is 5.91 Å². The molecule has 1 aromatic carbocycles. The summed E-state index contributed by atoms with van der Waals surface area (Å²) < 4.78 is 1.81. The molecule has 1 N–H and O–H groups in total. The summed E-state index contributed by atoms with van der Waals surface area (Å²) in [5.41, 5.74) is 3.13. The van der Waals surface area contributed by atoms with Crippen LogP contribution < -0.4 is 5.32 Å². The topological polar surface area (TPSA) is 85.6 Å². The van der Waals surface area contributed by atoms with Crippen molar-refractivity contribution in [3.63, 3.8) is 0 Å². The number of nitrogens with zero attached hydrogens (tertiary/aromatic N) is 5. The Hall–Kier alpha value is -3.09. The van der Waals surface area contributed by atoms with Gasteiger partial charge in [-0.3, -0.25) is 9.78 Å². The van der Waals surface area contributed by atoms with Crippen molar-refractivity contribution in [2.75, 3.05) is 0 Å². The summed E-state index contributed by atoms with van der Waals surface area (Å²) in [6.45, 7) is 3.74. The van der Waals surface area contributed by atoms with E-state index in [1.807, 2.05) is 61.0 Å². The summed E-state index contributed by atoms with van der Waals surface area (Å²) in [7, 11) is 0. The lowest BCUT2D eigenvalue weighted by molar-refractivity contribution is 0.0936. The molecule has 7 heteroatoms. The smallest absolute Gasteiger partial charge is 0.253 e. The van der Waals surface area contributed by atoms with Crippen molar-refractivity contribution in [1.29, 1.82) is 0 Å². The van der Waals surface area contributed by atoms with Gasteiger partial charge in [-0.1, -0.05) is 30.3 Å². The van der Waals surface area contributed by atoms with Gasteiger partial charge in [0.05, 0.1) is 29.0 Å². The Morgan fingerprint density at radius 3 is 2.65 bits per heavy atom. The Morgan fingerprint density at radius 2 is 1.96 bits per heavy atom. The van der Waals surface area contributed by atoms with Crippen molar-refractivity contribution < 1.29 is 4.79 Å². The van der Waals surface area contributed by atoms with Gasteiger partial charge in [0.15, 0.2) is 5.82 Å². The molecule has 26 heavy (non-hydrogen) atoms. The summed E-state index contributed by atoms with van der Waals surface area (Å²) in [6.07, 6.45) is 2.17. The fourth-order valence-corrected chi connectivity index (χ4v) is 2.97. The van der Waals surface area contributed by atoms with Crippen LogP contribution in [0.4, 0.5) is 0 Å². The van der Waals surface area contributed by atoms with Crippen molar-refractivity contribution in [3.8, 4) is 11.3 Å². The largest absolute Gasteiger partial charge is 0.342 e. The number of nitrogens with one attached hydrogen (secondary N) is 1. The molecule has 2 heterocycles. The first kappa shape index (κ1) is 16.4. The monoisotopic (exact) mass is 348 g/mol. The van der Waals surface area contributed by atoms with Crippen LogP contribution in [0.2, 0.25) is 0 Å². The highest BCUT2D eigenvalue weighted by molar-refractivity contribution is 5.95. The molecule has 2 aromatic heterocycles. The van der Waals surface area contributed by atoms with Crippen LogP contribution in [0.1, 0.15) is 53.7 Å². The van der Waals surface area contributed by atoms with Crippen LogP contribution in [0, 0.1) is 6.92 Å². The van der Waals surface area contributed by atoms with Gasteiger partial charge < -0.3 is 5.32 Å². The number of tetrazole rings is 1. The number of aryl methyl sites for hydroxylation is 1. The minimum Gasteiger partial charge on any atom is -0.342 e. The zero-order valence-electron chi connectivity index (χ0n) is 14.8. The lowest BCUT2D eigenvalue weighted by atomic mass is 10.1. The number of hydrogen-bond donors (Lipinski definition) is 1. The van der Waals surface area contributed by atoms with Crippen LogP contribution in [0.25, 0.3) is 11.3 Å². The summed E-state index contributed by atoms with van der Waals surface area (Å²) in [5, 5.41) is 14.8. The van der Waals surface area contributed by atoms with Gasteiger partial charge in [-0.2, -0.15) is 0 Å². The molecule has 0 saturated heterocycles. The van der Waals surface area contributed by atoms with Crippen molar-refractivity contribution in [2.45, 2.75) is 38.8 Å². The third-order valence-corrected chi connectivity index (χ3v) is 4.55. The number of pyridine rings is 1. The highest BCUT2D eigenvalue weighted by atomic mass is 16.1. The zero-order chi connectivity index (χ0) is 18.1. The van der Waals surface area contributed by atoms with E-state index in [4.69, 9.17) is 0 Å². The lowest BCUT2D eigenvalue weighted by Crippen LogP contribution is -2.29. The maximum Gasteiger partial charge on any atom is 0.253 e. The van der Waals surface area contributed by atoms with E-state index >= 15 is 0 Å². The molecule has 1 atom stereocenters. The molecule has 0 unspecified atom stereocenters. The Morgan fingerprint density at radius 1 is 1.19 bits per heavy atom. The molecular formula is C19H20N6O. The number of rotatable bonds is 5. The average molecular weight is 348 g/mol. The SMILES string of the molecule is Cc1nc(-c2ccccc2)ccc1C(=O)N[C@H](C)c1nnnn1C1CC1. The minimum atomic E-state index is -0.272. The minimum absolute atomic E-state index is 0.174. The van der Waals surface area contributed by atoms with E-state index in [2.05, 4.69) is 25.8 Å². The van der Waals surface area contributed by atoms with E-state index in [0.29, 0.717) is 23.1 Å². The number of carbonyl (C=O) groups is 1. The van der Waals surface area contributed by atoms with Gasteiger partial charge in [0, 0.05) is 5.56 Å². The molecule has 132 valence electrons. The molecule has 7 nitrogen and oxygen atoms in total. The highest BCUT2D eigenvalue weighted by Crippen LogP contribution is 2.35. The van der Waals surface area contributed by atoms with Crippen molar-refractivity contribution in [1.82, 2.24) is 30.5 Å². The van der Waals surface area contributed by atoms with Crippen molar-refractivity contribution in [3.05, 3.63) is 59.5 Å². The molecule has 0 aliphatic heterocycles. The quantitative estimate of drug-likeness (QED) is 0.766. The molecule has 3 aromatic rings. The van der Waals surface area contributed by atoms with Crippen LogP contribution in [0.3, 0.4) is 0 Å². The van der Waals surface area contributed by atoms with Crippen LogP contribution >= 0.6 is 0 Å². The lowest BCUT2D eigenvalue weighted by Gasteiger charge is -2.14. The zero-order valence-corrected chi connectivity index (χ0v) is 14.8. The number of carbonyl (C=O) groups excluding carboxylic acids is 1. The molecule has 1 amide bonds. The molecule has 0 bridgehead atoms. The molecule has 1 aliphatic rings. The fraction of sp³-hybridized carbons (Fsp3) is 0.316. The number of benzene rings is 1. The van der Waals surface area contributed by atoms with Gasteiger partial charge in [0.1, 0.15) is 0 Å². The normalized spacial score (nSPS) is 14.8. The Balaban J connectivity index is 1.52. The van der Waals surface area contributed by atoms with E-state index in [9.17, 15) is 4.79 Å². The number of aromatic nitrogens is 5. The van der Waals surface area contributed by atoms with Crippen LogP contribution in [-0.2, 0) is 0 Å². The molecule has 1 fully saturated rings. The maximum absolute atomic E-state index is 12.7. The summed E-state index contributed by atoms with van der Waals surface area (Å²) in [6, 6.07) is 13.7. The standard InChI is InChI=1S/C19H20N6O/c1-12-16(10-11-17(20-12)14-6-4-3-5-7-14)19(26)21-13(2)18-22-23-24-25(18)15-8-9-15/h3-7,10-11,13,15H,8-9H2,1-2H3,(H,21,26)/t13-/m1/s1. The molecule has 1 aliphatic carbocycles. The van der Waals surface area contributed by atoms with E-state index < -0.39 is 0 Å². The third-order valence-electron chi connectivity index (χ3n) is 4.55. The predicted molar refractivity (Wildman–Crippen MR) is 96.4 cm³/mol. The summed E-state index contributed by atoms with van der Waals surface area (Å²) >= 11 is 0. The van der Waals surface area contributed by atoms with E-state index in [1.165, 1.54) is 0 Å². The van der Waals surface area contributed by atoms with Crippen LogP contribution in [0.15, 0.2) is 42.5 Å². The van der Waals surface area contributed by atoms with Crippen LogP contribution in [0.5, 0.6) is 0 Å². The first-order chi connectivity index (χ1) is 12.6. The second-order valence-corrected chi connectivity index (χ2v) is 6.60. The maximum atomic E-state index is 12.7. The Kier molecular flexibility index (Phi) is 4.20. The second-order valence-electron chi connectivity index (χ2n) is 6.60. The van der Waals surface area contributed by atoms with E-state index in [0.717, 1.165) is 24.1 Å². The second kappa shape index (κ2) is 6.67. The Labute approximate surface area is 151 Å². The summed E-state index contributed by atoms with van der Waals surface area (Å²) in [4.78, 5) is 17.3. The van der Waals surface area contributed by atoms with Crippen molar-refractivity contribution >= 4 is 5.91 Å². The highest BCUT2D eigenvalue weighted by Gasteiger charge is 2.30.